The highest BCUT2D eigenvalue weighted by Gasteiger charge is 2.35. The van der Waals surface area contributed by atoms with Gasteiger partial charge in [-0.15, -0.1) is 0 Å². The number of benzene rings is 1. The molecule has 10 heteroatoms. The molecule has 1 heterocycles. The van der Waals surface area contributed by atoms with Gasteiger partial charge >= 0.3 is 6.61 Å². The average molecular weight is 420 g/mol. The molecule has 2 rings (SSSR count). The molecule has 1 atom stereocenters. The molecular formula is C18H26F2N2O5S. The van der Waals surface area contributed by atoms with Crippen LogP contribution < -0.4 is 9.47 Å². The van der Waals surface area contributed by atoms with Gasteiger partial charge in [-0.3, -0.25) is 4.79 Å². The summed E-state index contributed by atoms with van der Waals surface area (Å²) in [6.45, 7) is -0.470. The van der Waals surface area contributed by atoms with Gasteiger partial charge in [-0.1, -0.05) is 12.5 Å². The number of rotatable bonds is 8. The van der Waals surface area contributed by atoms with Gasteiger partial charge in [0, 0.05) is 20.1 Å². The highest BCUT2D eigenvalue weighted by molar-refractivity contribution is 7.88. The Kier molecular flexibility index (Phi) is 7.59. The van der Waals surface area contributed by atoms with Crippen molar-refractivity contribution in [1.82, 2.24) is 9.21 Å². The van der Waals surface area contributed by atoms with Gasteiger partial charge in [-0.25, -0.2) is 8.42 Å². The van der Waals surface area contributed by atoms with Gasteiger partial charge in [0.05, 0.1) is 12.9 Å². The largest absolute Gasteiger partial charge is 0.490 e. The molecule has 0 N–H and O–H groups in total. The van der Waals surface area contributed by atoms with E-state index in [1.54, 1.807) is 26.1 Å². The van der Waals surface area contributed by atoms with Crippen molar-refractivity contribution >= 4 is 15.9 Å². The second kappa shape index (κ2) is 9.51. The van der Waals surface area contributed by atoms with E-state index in [1.807, 2.05) is 0 Å². The van der Waals surface area contributed by atoms with E-state index in [2.05, 4.69) is 4.74 Å². The third-order valence-electron chi connectivity index (χ3n) is 4.48. The first-order chi connectivity index (χ1) is 13.1. The van der Waals surface area contributed by atoms with Crippen molar-refractivity contribution < 1.29 is 31.5 Å². The van der Waals surface area contributed by atoms with Gasteiger partial charge in [0.15, 0.2) is 11.5 Å². The molecule has 0 aliphatic carbocycles. The van der Waals surface area contributed by atoms with Gasteiger partial charge < -0.3 is 14.4 Å². The van der Waals surface area contributed by atoms with Crippen molar-refractivity contribution in [2.45, 2.75) is 45.4 Å². The number of halogens is 2. The van der Waals surface area contributed by atoms with Crippen molar-refractivity contribution in [3.63, 3.8) is 0 Å². The van der Waals surface area contributed by atoms with Crippen LogP contribution in [0, 0.1) is 0 Å². The van der Waals surface area contributed by atoms with Crippen molar-refractivity contribution in [2.24, 2.45) is 0 Å². The van der Waals surface area contributed by atoms with Crippen molar-refractivity contribution in [3.05, 3.63) is 23.8 Å². The summed E-state index contributed by atoms with van der Waals surface area (Å²) in [5.74, 6) is -0.210. The van der Waals surface area contributed by atoms with E-state index < -0.39 is 22.7 Å². The molecule has 1 aliphatic heterocycles. The van der Waals surface area contributed by atoms with Crippen LogP contribution in [-0.2, 0) is 21.4 Å². The number of sulfonamides is 1. The molecule has 1 saturated heterocycles. The van der Waals surface area contributed by atoms with Gasteiger partial charge in [0.1, 0.15) is 6.04 Å². The Balaban J connectivity index is 2.15. The summed E-state index contributed by atoms with van der Waals surface area (Å²) >= 11 is 0. The Morgan fingerprint density at radius 3 is 2.64 bits per heavy atom. The molecule has 7 nitrogen and oxygen atoms in total. The quantitative estimate of drug-likeness (QED) is 0.646. The summed E-state index contributed by atoms with van der Waals surface area (Å²) < 4.78 is 60.0. The van der Waals surface area contributed by atoms with E-state index in [9.17, 15) is 22.0 Å². The first-order valence-corrected chi connectivity index (χ1v) is 10.9. The summed E-state index contributed by atoms with van der Waals surface area (Å²) in [5.41, 5.74) is 0.655. The lowest BCUT2D eigenvalue weighted by Gasteiger charge is -2.35. The van der Waals surface area contributed by atoms with E-state index in [0.717, 1.165) is 19.1 Å². The van der Waals surface area contributed by atoms with Crippen LogP contribution >= 0.6 is 0 Å². The zero-order chi connectivity index (χ0) is 20.9. The molecule has 0 unspecified atom stereocenters. The minimum Gasteiger partial charge on any atom is -0.490 e. The molecule has 1 amide bonds. The molecule has 0 bridgehead atoms. The summed E-state index contributed by atoms with van der Waals surface area (Å²) in [4.78, 5) is 14.3. The van der Waals surface area contributed by atoms with Gasteiger partial charge in [0.2, 0.25) is 15.9 Å². The number of hydrogen-bond acceptors (Lipinski definition) is 5. The number of amides is 1. The Bertz CT molecular complexity index is 788. The van der Waals surface area contributed by atoms with Crippen molar-refractivity contribution in [3.8, 4) is 11.5 Å². The third kappa shape index (κ3) is 5.78. The third-order valence-corrected chi connectivity index (χ3v) is 5.77. The summed E-state index contributed by atoms with van der Waals surface area (Å²) in [5, 5.41) is 0. The number of hydrogen-bond donors (Lipinski definition) is 0. The highest BCUT2D eigenvalue weighted by Crippen LogP contribution is 2.30. The van der Waals surface area contributed by atoms with Crippen molar-refractivity contribution in [1.29, 1.82) is 0 Å². The number of ether oxygens (including phenoxy) is 2. The van der Waals surface area contributed by atoms with Gasteiger partial charge in [-0.2, -0.15) is 13.1 Å². The first-order valence-electron chi connectivity index (χ1n) is 9.05. The maximum Gasteiger partial charge on any atom is 0.387 e. The van der Waals surface area contributed by atoms with Crippen LogP contribution in [0.5, 0.6) is 11.5 Å². The van der Waals surface area contributed by atoms with E-state index in [1.165, 1.54) is 15.3 Å². The normalized spacial score (nSPS) is 18.1. The maximum atomic E-state index is 12.8. The Morgan fingerprint density at radius 2 is 2.04 bits per heavy atom. The molecule has 0 saturated carbocycles. The SMILES string of the molecule is CCOc1cc(CN(C)C(=O)[C@H]2CCCCN2S(C)(=O)=O)ccc1OC(F)F. The predicted molar refractivity (Wildman–Crippen MR) is 99.9 cm³/mol. The zero-order valence-corrected chi connectivity index (χ0v) is 17.0. The minimum atomic E-state index is -3.48. The molecule has 0 radical (unpaired) electrons. The lowest BCUT2D eigenvalue weighted by molar-refractivity contribution is -0.135. The van der Waals surface area contributed by atoms with Crippen LogP contribution in [0.4, 0.5) is 8.78 Å². The summed E-state index contributed by atoms with van der Waals surface area (Å²) in [7, 11) is -1.89. The van der Waals surface area contributed by atoms with Crippen LogP contribution in [0.1, 0.15) is 31.7 Å². The number of carbonyl (C=O) groups is 1. The Morgan fingerprint density at radius 1 is 1.32 bits per heavy atom. The fourth-order valence-corrected chi connectivity index (χ4v) is 4.39. The van der Waals surface area contributed by atoms with Crippen molar-refractivity contribution in [2.75, 3.05) is 26.5 Å². The molecule has 1 aromatic carbocycles. The number of nitrogens with zero attached hydrogens (tertiary/aromatic N) is 2. The molecule has 1 aliphatic rings. The standard InChI is InChI=1S/C18H26F2N2O5S/c1-4-26-16-11-13(8-9-15(16)27-18(19)20)12-21(2)17(23)14-7-5-6-10-22(14)28(3,24)25/h8-9,11,14,18H,4-7,10,12H2,1-3H3/t14-/m1/s1. The number of carbonyl (C=O) groups excluding carboxylic acids is 1. The predicted octanol–water partition coefficient (Wildman–Crippen LogP) is 2.46. The fraction of sp³-hybridized carbons (Fsp3) is 0.611. The number of alkyl halides is 2. The van der Waals surface area contributed by atoms with E-state index in [4.69, 9.17) is 4.74 Å². The molecule has 1 aromatic rings. The molecule has 0 spiro atoms. The van der Waals surface area contributed by atoms with Gasteiger partial charge in [0.25, 0.3) is 0 Å². The maximum absolute atomic E-state index is 12.8. The molecule has 158 valence electrons. The van der Waals surface area contributed by atoms with Crippen LogP contribution in [0.15, 0.2) is 18.2 Å². The molecule has 0 aromatic heterocycles. The second-order valence-corrected chi connectivity index (χ2v) is 8.61. The number of piperidine rings is 1. The van der Waals surface area contributed by atoms with Crippen LogP contribution in [0.2, 0.25) is 0 Å². The fourth-order valence-electron chi connectivity index (χ4n) is 3.27. The number of likely N-dealkylation sites (N-methyl/N-ethyl adjacent to an activating group) is 1. The lowest BCUT2D eigenvalue weighted by Crippen LogP contribution is -2.51. The molecule has 28 heavy (non-hydrogen) atoms. The Hall–Kier alpha value is -1.94. The van der Waals surface area contributed by atoms with Crippen LogP contribution in [0.3, 0.4) is 0 Å². The smallest absolute Gasteiger partial charge is 0.387 e. The molecule has 1 fully saturated rings. The zero-order valence-electron chi connectivity index (χ0n) is 16.2. The summed E-state index contributed by atoms with van der Waals surface area (Å²) in [6, 6.07) is 3.76. The second-order valence-electron chi connectivity index (χ2n) is 6.67. The molecular weight excluding hydrogens is 394 g/mol. The monoisotopic (exact) mass is 420 g/mol. The van der Waals surface area contributed by atoms with E-state index in [-0.39, 0.29) is 30.6 Å². The van der Waals surface area contributed by atoms with Gasteiger partial charge in [-0.05, 0) is 37.5 Å². The van der Waals surface area contributed by atoms with Crippen LogP contribution in [-0.4, -0.2) is 62.6 Å². The summed E-state index contributed by atoms with van der Waals surface area (Å²) in [6.07, 6.45) is 3.09. The first kappa shape index (κ1) is 22.4. The van der Waals surface area contributed by atoms with Crippen LogP contribution in [0.25, 0.3) is 0 Å². The lowest BCUT2D eigenvalue weighted by atomic mass is 10.0. The Labute approximate surface area is 164 Å². The highest BCUT2D eigenvalue weighted by atomic mass is 32.2. The van der Waals surface area contributed by atoms with E-state index >= 15 is 0 Å². The average Bonchev–Trinajstić information content (AvgIpc) is 2.62. The topological polar surface area (TPSA) is 76.2 Å². The van der Waals surface area contributed by atoms with E-state index in [0.29, 0.717) is 18.5 Å². The minimum absolute atomic E-state index is 0.0786.